The number of hydrogen-bond acceptors (Lipinski definition) is 4. The topological polar surface area (TPSA) is 58.4 Å². The zero-order valence-electron chi connectivity index (χ0n) is 14.5. The Bertz CT molecular complexity index is 920. The molecule has 5 rings (SSSR count). The molecule has 2 fully saturated rings. The van der Waals surface area contributed by atoms with Gasteiger partial charge in [-0.15, -0.1) is 0 Å². The number of carbonyl (C=O) groups is 1. The maximum absolute atomic E-state index is 12.4. The van der Waals surface area contributed by atoms with Crippen LogP contribution in [0.25, 0.3) is 10.9 Å². The molecule has 1 unspecified atom stereocenters. The van der Waals surface area contributed by atoms with Crippen LogP contribution in [0.3, 0.4) is 0 Å². The second kappa shape index (κ2) is 6.25. The Morgan fingerprint density at radius 3 is 2.81 bits per heavy atom. The summed E-state index contributed by atoms with van der Waals surface area (Å²) in [7, 11) is 0. The van der Waals surface area contributed by atoms with Crippen LogP contribution in [0.1, 0.15) is 11.3 Å². The minimum Gasteiger partial charge on any atom is -0.467 e. The molecule has 1 aromatic carbocycles. The summed E-state index contributed by atoms with van der Waals surface area (Å²) in [4.78, 5) is 19.3. The fourth-order valence-corrected chi connectivity index (χ4v) is 4.37. The number of rotatable bonds is 5. The van der Waals surface area contributed by atoms with Gasteiger partial charge < -0.3 is 9.73 Å². The Balaban J connectivity index is 1.18. The van der Waals surface area contributed by atoms with Gasteiger partial charge in [-0.25, -0.2) is 0 Å². The average Bonchev–Trinajstić information content (AvgIpc) is 3.04. The molecule has 0 spiro atoms. The number of carbonyl (C=O) groups excluding carboxylic acids is 1. The number of likely N-dealkylation sites (tertiary alicyclic amines) is 1. The Hall–Kier alpha value is -2.66. The van der Waals surface area contributed by atoms with Crippen LogP contribution < -0.4 is 5.32 Å². The predicted molar refractivity (Wildman–Crippen MR) is 98.0 cm³/mol. The lowest BCUT2D eigenvalue weighted by atomic mass is 10.1. The van der Waals surface area contributed by atoms with Gasteiger partial charge in [0.15, 0.2) is 0 Å². The molecule has 3 heterocycles. The summed E-state index contributed by atoms with van der Waals surface area (Å²) < 4.78 is 5.27. The summed E-state index contributed by atoms with van der Waals surface area (Å²) in [6, 6.07) is 14.1. The number of fused-ring (bicyclic) bond motifs is 2. The molecule has 26 heavy (non-hydrogen) atoms. The van der Waals surface area contributed by atoms with E-state index >= 15 is 0 Å². The number of nitrogens with one attached hydrogen (secondary N) is 1. The normalized spacial score (nSPS) is 24.5. The third-order valence-corrected chi connectivity index (χ3v) is 5.72. The van der Waals surface area contributed by atoms with Gasteiger partial charge in [0.2, 0.25) is 5.91 Å². The van der Waals surface area contributed by atoms with Crippen molar-refractivity contribution in [2.45, 2.75) is 13.1 Å². The van der Waals surface area contributed by atoms with Crippen LogP contribution in [-0.4, -0.2) is 28.9 Å². The van der Waals surface area contributed by atoms with E-state index in [-0.39, 0.29) is 11.8 Å². The molecule has 132 valence electrons. The monoisotopic (exact) mass is 347 g/mol. The van der Waals surface area contributed by atoms with E-state index in [1.54, 1.807) is 6.26 Å². The standard InChI is InChI=1S/C21H21N3O2/c25-21(23-10-15-4-3-9-26-15)20-17-12-24(13-18(17)20)11-14-7-8-22-19-6-2-1-5-16(14)19/h1-9,17-18,20H,10-13H2,(H,23,25)/t17-,18+,20?. The van der Waals surface area contributed by atoms with Gasteiger partial charge in [0.25, 0.3) is 0 Å². The molecule has 5 heteroatoms. The van der Waals surface area contributed by atoms with E-state index < -0.39 is 0 Å². The van der Waals surface area contributed by atoms with Crippen molar-refractivity contribution in [1.29, 1.82) is 0 Å². The molecular formula is C21H21N3O2. The first-order valence-corrected chi connectivity index (χ1v) is 9.14. The molecule has 1 saturated heterocycles. The highest BCUT2D eigenvalue weighted by molar-refractivity contribution is 5.83. The summed E-state index contributed by atoms with van der Waals surface area (Å²) in [6.45, 7) is 3.41. The molecule has 2 aliphatic rings. The summed E-state index contributed by atoms with van der Waals surface area (Å²) in [5.41, 5.74) is 2.36. The van der Waals surface area contributed by atoms with Crippen molar-refractivity contribution in [3.8, 4) is 0 Å². The van der Waals surface area contributed by atoms with E-state index in [1.165, 1.54) is 10.9 Å². The maximum atomic E-state index is 12.4. The highest BCUT2D eigenvalue weighted by Crippen LogP contribution is 2.52. The number of benzene rings is 1. The zero-order chi connectivity index (χ0) is 17.5. The third-order valence-electron chi connectivity index (χ3n) is 5.72. The van der Waals surface area contributed by atoms with Crippen molar-refractivity contribution in [2.75, 3.05) is 13.1 Å². The molecule has 1 amide bonds. The van der Waals surface area contributed by atoms with E-state index in [1.807, 2.05) is 24.4 Å². The summed E-state index contributed by atoms with van der Waals surface area (Å²) in [5, 5.41) is 4.23. The fraction of sp³-hybridized carbons (Fsp3) is 0.333. The number of para-hydroxylation sites is 1. The Morgan fingerprint density at radius 1 is 1.15 bits per heavy atom. The van der Waals surface area contributed by atoms with E-state index in [2.05, 4.69) is 39.5 Å². The summed E-state index contributed by atoms with van der Waals surface area (Å²) in [5.74, 6) is 2.15. The minimum atomic E-state index is 0.172. The Morgan fingerprint density at radius 2 is 2.00 bits per heavy atom. The van der Waals surface area contributed by atoms with Crippen molar-refractivity contribution in [3.63, 3.8) is 0 Å². The number of aromatic nitrogens is 1. The van der Waals surface area contributed by atoms with Crippen LogP contribution in [0.5, 0.6) is 0 Å². The van der Waals surface area contributed by atoms with Crippen molar-refractivity contribution in [3.05, 3.63) is 66.2 Å². The SMILES string of the molecule is O=C(NCc1ccco1)C1[C@H]2CN(Cc3ccnc4ccccc34)C[C@@H]12. The second-order valence-corrected chi connectivity index (χ2v) is 7.33. The van der Waals surface area contributed by atoms with Crippen LogP contribution >= 0.6 is 0 Å². The van der Waals surface area contributed by atoms with Crippen LogP contribution in [0.15, 0.2) is 59.3 Å². The van der Waals surface area contributed by atoms with Gasteiger partial charge in [-0.1, -0.05) is 18.2 Å². The van der Waals surface area contributed by atoms with E-state index in [9.17, 15) is 4.79 Å². The van der Waals surface area contributed by atoms with Crippen LogP contribution in [0.2, 0.25) is 0 Å². The number of pyridine rings is 1. The molecule has 1 aliphatic heterocycles. The molecule has 3 atom stereocenters. The second-order valence-electron chi connectivity index (χ2n) is 7.33. The van der Waals surface area contributed by atoms with Crippen molar-refractivity contribution >= 4 is 16.8 Å². The third kappa shape index (κ3) is 2.78. The number of piperidine rings is 1. The largest absolute Gasteiger partial charge is 0.467 e. The molecule has 1 N–H and O–H groups in total. The van der Waals surface area contributed by atoms with E-state index in [4.69, 9.17) is 4.42 Å². The van der Waals surface area contributed by atoms with E-state index in [0.717, 1.165) is 30.9 Å². The number of nitrogens with zero attached hydrogens (tertiary/aromatic N) is 2. The highest BCUT2D eigenvalue weighted by atomic mass is 16.3. The van der Waals surface area contributed by atoms with Gasteiger partial charge in [0, 0.05) is 37.1 Å². The summed E-state index contributed by atoms with van der Waals surface area (Å²) in [6.07, 6.45) is 3.52. The lowest BCUT2D eigenvalue weighted by molar-refractivity contribution is -0.123. The van der Waals surface area contributed by atoms with Gasteiger partial charge in [-0.05, 0) is 41.7 Å². The number of furan rings is 1. The predicted octanol–water partition coefficient (Wildman–Crippen LogP) is 2.82. The first kappa shape index (κ1) is 15.6. The molecule has 2 aromatic heterocycles. The van der Waals surface area contributed by atoms with Gasteiger partial charge >= 0.3 is 0 Å². The quantitative estimate of drug-likeness (QED) is 0.771. The molecule has 5 nitrogen and oxygen atoms in total. The number of hydrogen-bond donors (Lipinski definition) is 1. The van der Waals surface area contributed by atoms with Crippen molar-refractivity contribution in [1.82, 2.24) is 15.2 Å². The molecule has 0 radical (unpaired) electrons. The average molecular weight is 347 g/mol. The molecule has 3 aromatic rings. The van der Waals surface area contributed by atoms with Crippen LogP contribution in [-0.2, 0) is 17.9 Å². The Kier molecular flexibility index (Phi) is 3.75. The maximum Gasteiger partial charge on any atom is 0.224 e. The molecule has 0 bridgehead atoms. The van der Waals surface area contributed by atoms with Crippen molar-refractivity contribution < 1.29 is 9.21 Å². The molecular weight excluding hydrogens is 326 g/mol. The van der Waals surface area contributed by atoms with E-state index in [0.29, 0.717) is 18.4 Å². The minimum absolute atomic E-state index is 0.172. The van der Waals surface area contributed by atoms with Gasteiger partial charge in [0.1, 0.15) is 5.76 Å². The lowest BCUT2D eigenvalue weighted by Gasteiger charge is -2.20. The first-order chi connectivity index (χ1) is 12.8. The number of amides is 1. The molecule has 1 aliphatic carbocycles. The first-order valence-electron chi connectivity index (χ1n) is 9.14. The lowest BCUT2D eigenvalue weighted by Crippen LogP contribution is -2.31. The fourth-order valence-electron chi connectivity index (χ4n) is 4.37. The van der Waals surface area contributed by atoms with Gasteiger partial charge in [-0.2, -0.15) is 0 Å². The zero-order valence-corrected chi connectivity index (χ0v) is 14.5. The smallest absolute Gasteiger partial charge is 0.224 e. The van der Waals surface area contributed by atoms with Crippen LogP contribution in [0, 0.1) is 17.8 Å². The van der Waals surface area contributed by atoms with Gasteiger partial charge in [0.05, 0.1) is 18.3 Å². The van der Waals surface area contributed by atoms with Gasteiger partial charge in [-0.3, -0.25) is 14.7 Å². The summed E-state index contributed by atoms with van der Waals surface area (Å²) >= 11 is 0. The molecule has 1 saturated carbocycles. The highest BCUT2D eigenvalue weighted by Gasteiger charge is 2.59. The Labute approximate surface area is 152 Å². The van der Waals surface area contributed by atoms with Crippen LogP contribution in [0.4, 0.5) is 0 Å². The van der Waals surface area contributed by atoms with Crippen molar-refractivity contribution in [2.24, 2.45) is 17.8 Å².